The second-order valence-electron chi connectivity index (χ2n) is 4.12. The van der Waals surface area contributed by atoms with Gasteiger partial charge in [0, 0.05) is 24.4 Å². The molecule has 2 rings (SSSR count). The van der Waals surface area contributed by atoms with Crippen molar-refractivity contribution in [2.24, 2.45) is 0 Å². The van der Waals surface area contributed by atoms with Crippen molar-refractivity contribution in [3.8, 4) is 0 Å². The number of H-pyrrole nitrogens is 1. The van der Waals surface area contributed by atoms with Gasteiger partial charge in [0.15, 0.2) is 0 Å². The highest BCUT2D eigenvalue weighted by Gasteiger charge is 2.21. The number of nitrogens with one attached hydrogen (secondary N) is 2. The predicted molar refractivity (Wildman–Crippen MR) is 75.8 cm³/mol. The number of nitrogens with zero attached hydrogens (tertiary/aromatic N) is 2. The topological polar surface area (TPSA) is 121 Å². The van der Waals surface area contributed by atoms with Gasteiger partial charge in [-0.1, -0.05) is 12.1 Å². The third kappa shape index (κ3) is 4.04. The van der Waals surface area contributed by atoms with Crippen LogP contribution in [-0.4, -0.2) is 32.0 Å². The molecular formula is C12H12N4O4S. The third-order valence-electron chi connectivity index (χ3n) is 2.65. The summed E-state index contributed by atoms with van der Waals surface area (Å²) in [5, 5.41) is 20.1. The molecule has 0 aliphatic carbocycles. The lowest BCUT2D eigenvalue weighted by atomic mass is 10.2. The Balaban J connectivity index is 2.05. The van der Waals surface area contributed by atoms with E-state index in [1.54, 1.807) is 18.2 Å². The molecular weight excluding hydrogens is 296 g/mol. The summed E-state index contributed by atoms with van der Waals surface area (Å²) in [6, 6.07) is 5.25. The van der Waals surface area contributed by atoms with E-state index in [4.69, 9.17) is 0 Å². The van der Waals surface area contributed by atoms with Crippen molar-refractivity contribution in [1.29, 1.82) is 0 Å². The molecule has 0 fully saturated rings. The lowest BCUT2D eigenvalue weighted by Gasteiger charge is -2.12. The summed E-state index contributed by atoms with van der Waals surface area (Å²) in [4.78, 5) is 28.6. The average molecular weight is 308 g/mol. The van der Waals surface area contributed by atoms with E-state index in [-0.39, 0.29) is 12.1 Å². The SMILES string of the molecule is O=C(O)C(Cc1cnc[nH]1)NSc1ccccc1[N+](=O)[O-]. The monoisotopic (exact) mass is 308 g/mol. The van der Waals surface area contributed by atoms with Crippen molar-refractivity contribution >= 4 is 23.6 Å². The highest BCUT2D eigenvalue weighted by Crippen LogP contribution is 2.27. The summed E-state index contributed by atoms with van der Waals surface area (Å²) in [5.74, 6) is -1.05. The van der Waals surface area contributed by atoms with Crippen molar-refractivity contribution < 1.29 is 14.8 Å². The van der Waals surface area contributed by atoms with E-state index in [0.717, 1.165) is 11.9 Å². The molecule has 1 aromatic carbocycles. The Kier molecular flexibility index (Phi) is 4.90. The molecule has 1 aromatic heterocycles. The van der Waals surface area contributed by atoms with Gasteiger partial charge in [-0.25, -0.2) is 9.71 Å². The van der Waals surface area contributed by atoms with Crippen LogP contribution in [0.2, 0.25) is 0 Å². The second-order valence-corrected chi connectivity index (χ2v) is 5.00. The Hall–Kier alpha value is -2.39. The summed E-state index contributed by atoms with van der Waals surface area (Å²) in [7, 11) is 0. The number of imidazole rings is 1. The minimum atomic E-state index is -1.05. The normalized spacial score (nSPS) is 12.0. The summed E-state index contributed by atoms with van der Waals surface area (Å²) in [5.41, 5.74) is 0.596. The van der Waals surface area contributed by atoms with E-state index in [2.05, 4.69) is 14.7 Å². The predicted octanol–water partition coefficient (Wildman–Crippen LogP) is 1.61. The number of aromatic amines is 1. The van der Waals surface area contributed by atoms with E-state index in [0.29, 0.717) is 10.6 Å². The van der Waals surface area contributed by atoms with Crippen LogP contribution in [-0.2, 0) is 11.2 Å². The van der Waals surface area contributed by atoms with Crippen LogP contribution < -0.4 is 4.72 Å². The highest BCUT2D eigenvalue weighted by atomic mass is 32.2. The highest BCUT2D eigenvalue weighted by molar-refractivity contribution is 7.97. The first kappa shape index (κ1) is 15.0. The summed E-state index contributed by atoms with van der Waals surface area (Å²) in [6.45, 7) is 0. The molecule has 21 heavy (non-hydrogen) atoms. The first-order chi connectivity index (χ1) is 10.1. The molecule has 3 N–H and O–H groups in total. The molecule has 2 aromatic rings. The van der Waals surface area contributed by atoms with Gasteiger partial charge in [-0.2, -0.15) is 0 Å². The Morgan fingerprint density at radius 2 is 2.29 bits per heavy atom. The van der Waals surface area contributed by atoms with Crippen molar-refractivity contribution in [3.63, 3.8) is 0 Å². The van der Waals surface area contributed by atoms with Crippen LogP contribution in [0.1, 0.15) is 5.69 Å². The van der Waals surface area contributed by atoms with Crippen LogP contribution in [0.25, 0.3) is 0 Å². The Labute approximate surface area is 123 Å². The van der Waals surface area contributed by atoms with Crippen LogP contribution in [0.3, 0.4) is 0 Å². The van der Waals surface area contributed by atoms with Gasteiger partial charge >= 0.3 is 5.97 Å². The zero-order valence-electron chi connectivity index (χ0n) is 10.7. The lowest BCUT2D eigenvalue weighted by Crippen LogP contribution is -2.34. The van der Waals surface area contributed by atoms with Crippen LogP contribution >= 0.6 is 11.9 Å². The van der Waals surface area contributed by atoms with Gasteiger partial charge in [-0.05, 0) is 18.0 Å². The number of para-hydroxylation sites is 1. The van der Waals surface area contributed by atoms with Crippen molar-refractivity contribution in [3.05, 3.63) is 52.6 Å². The fourth-order valence-electron chi connectivity index (χ4n) is 1.62. The molecule has 0 aliphatic rings. The molecule has 0 bridgehead atoms. The summed E-state index contributed by atoms with van der Waals surface area (Å²) >= 11 is 0.927. The first-order valence-electron chi connectivity index (χ1n) is 5.93. The first-order valence-corrected chi connectivity index (χ1v) is 6.75. The average Bonchev–Trinajstić information content (AvgIpc) is 2.96. The summed E-state index contributed by atoms with van der Waals surface area (Å²) in [6.07, 6.45) is 3.19. The van der Waals surface area contributed by atoms with Crippen LogP contribution in [0.5, 0.6) is 0 Å². The minimum absolute atomic E-state index is 0.0688. The molecule has 110 valence electrons. The molecule has 0 saturated carbocycles. The maximum Gasteiger partial charge on any atom is 0.321 e. The number of aliphatic carboxylic acids is 1. The molecule has 8 nitrogen and oxygen atoms in total. The van der Waals surface area contributed by atoms with E-state index in [1.165, 1.54) is 18.6 Å². The quantitative estimate of drug-likeness (QED) is 0.403. The Morgan fingerprint density at radius 1 is 1.52 bits per heavy atom. The van der Waals surface area contributed by atoms with Gasteiger partial charge < -0.3 is 10.1 Å². The zero-order valence-corrected chi connectivity index (χ0v) is 11.5. The fourth-order valence-corrected chi connectivity index (χ4v) is 2.47. The molecule has 0 aliphatic heterocycles. The number of nitro groups is 1. The Morgan fingerprint density at radius 3 is 2.90 bits per heavy atom. The fraction of sp³-hybridized carbons (Fsp3) is 0.167. The minimum Gasteiger partial charge on any atom is -0.480 e. The van der Waals surface area contributed by atoms with Gasteiger partial charge in [-0.15, -0.1) is 0 Å². The third-order valence-corrected chi connectivity index (χ3v) is 3.62. The number of nitro benzene ring substituents is 1. The number of rotatable bonds is 7. The number of carboxylic acids is 1. The van der Waals surface area contributed by atoms with Gasteiger partial charge in [0.25, 0.3) is 5.69 Å². The summed E-state index contributed by atoms with van der Waals surface area (Å²) < 4.78 is 2.73. The van der Waals surface area contributed by atoms with Crippen molar-refractivity contribution in [1.82, 2.24) is 14.7 Å². The van der Waals surface area contributed by atoms with Gasteiger partial charge in [0.2, 0.25) is 0 Å². The molecule has 1 unspecified atom stereocenters. The lowest BCUT2D eigenvalue weighted by molar-refractivity contribution is -0.387. The van der Waals surface area contributed by atoms with Crippen LogP contribution in [0.4, 0.5) is 5.69 Å². The number of aromatic nitrogens is 2. The Bertz CT molecular complexity index is 632. The van der Waals surface area contributed by atoms with E-state index in [1.807, 2.05) is 0 Å². The van der Waals surface area contributed by atoms with Crippen LogP contribution in [0, 0.1) is 10.1 Å². The van der Waals surface area contributed by atoms with E-state index in [9.17, 15) is 20.0 Å². The van der Waals surface area contributed by atoms with E-state index < -0.39 is 16.9 Å². The largest absolute Gasteiger partial charge is 0.480 e. The van der Waals surface area contributed by atoms with Crippen molar-refractivity contribution in [2.75, 3.05) is 0 Å². The molecule has 1 atom stereocenters. The molecule has 0 spiro atoms. The van der Waals surface area contributed by atoms with Gasteiger partial charge in [-0.3, -0.25) is 14.9 Å². The number of carbonyl (C=O) groups is 1. The number of hydrogen-bond donors (Lipinski definition) is 3. The smallest absolute Gasteiger partial charge is 0.321 e. The zero-order chi connectivity index (χ0) is 15.2. The van der Waals surface area contributed by atoms with Gasteiger partial charge in [0.05, 0.1) is 11.3 Å². The molecule has 1 heterocycles. The number of hydrogen-bond acceptors (Lipinski definition) is 6. The molecule has 0 radical (unpaired) electrons. The maximum atomic E-state index is 11.2. The number of benzene rings is 1. The standard InChI is InChI=1S/C12H12N4O4S/c17-12(18)9(5-8-6-13-7-14-8)15-21-11-4-2-1-3-10(11)16(19)20/h1-4,6-7,9,15H,5H2,(H,13,14)(H,17,18). The van der Waals surface area contributed by atoms with Crippen molar-refractivity contribution in [2.45, 2.75) is 17.4 Å². The second kappa shape index (κ2) is 6.86. The molecule has 9 heteroatoms. The molecule has 0 saturated heterocycles. The molecule has 0 amide bonds. The number of carboxylic acid groups (broad SMARTS) is 1. The van der Waals surface area contributed by atoms with E-state index >= 15 is 0 Å². The van der Waals surface area contributed by atoms with Crippen LogP contribution in [0.15, 0.2) is 41.7 Å². The maximum absolute atomic E-state index is 11.2. The van der Waals surface area contributed by atoms with Gasteiger partial charge in [0.1, 0.15) is 10.9 Å².